The Kier molecular flexibility index (Phi) is 8.88. The van der Waals surface area contributed by atoms with Crippen molar-refractivity contribution < 1.29 is 19.1 Å². The van der Waals surface area contributed by atoms with Crippen molar-refractivity contribution in [3.8, 4) is 5.75 Å². The van der Waals surface area contributed by atoms with Crippen LogP contribution in [0.4, 0.5) is 0 Å². The third kappa shape index (κ3) is 7.83. The third-order valence-electron chi connectivity index (χ3n) is 4.48. The summed E-state index contributed by atoms with van der Waals surface area (Å²) < 4.78 is 6.15. The average molecular weight is 520 g/mol. The van der Waals surface area contributed by atoms with Gasteiger partial charge in [-0.1, -0.05) is 64.0 Å². The number of halogens is 1. The summed E-state index contributed by atoms with van der Waals surface area (Å²) in [5.74, 6) is -1.13. The normalized spacial score (nSPS) is 10.9. The van der Waals surface area contributed by atoms with Crippen molar-refractivity contribution >= 4 is 46.0 Å². The van der Waals surface area contributed by atoms with E-state index in [0.29, 0.717) is 11.1 Å². The lowest BCUT2D eigenvalue weighted by Crippen LogP contribution is -2.34. The number of nitrogens with zero attached hydrogens (tertiary/aromatic N) is 1. The molecule has 3 rings (SSSR count). The fourth-order valence-electron chi connectivity index (χ4n) is 2.85. The zero-order chi connectivity index (χ0) is 24.3. The first-order chi connectivity index (χ1) is 16.4. The molecule has 0 radical (unpaired) electrons. The average Bonchev–Trinajstić information content (AvgIpc) is 2.83. The summed E-state index contributed by atoms with van der Waals surface area (Å²) in [6.07, 6.45) is 4.34. The summed E-state index contributed by atoms with van der Waals surface area (Å²) in [5, 5.41) is 6.44. The van der Waals surface area contributed by atoms with Crippen LogP contribution in [0.1, 0.15) is 27.0 Å². The van der Waals surface area contributed by atoms with Crippen LogP contribution in [-0.4, -0.2) is 30.5 Å². The third-order valence-corrected chi connectivity index (χ3v) is 4.97. The minimum Gasteiger partial charge on any atom is -0.423 e. The van der Waals surface area contributed by atoms with Crippen molar-refractivity contribution in [3.63, 3.8) is 0 Å². The molecule has 0 atom stereocenters. The van der Waals surface area contributed by atoms with Crippen LogP contribution in [0.25, 0.3) is 6.08 Å². The van der Waals surface area contributed by atoms with E-state index in [1.165, 1.54) is 12.3 Å². The highest BCUT2D eigenvalue weighted by molar-refractivity contribution is 9.10. The number of ether oxygens (including phenoxy) is 1. The van der Waals surface area contributed by atoms with Crippen molar-refractivity contribution in [1.82, 2.24) is 10.7 Å². The summed E-state index contributed by atoms with van der Waals surface area (Å²) in [4.78, 5) is 36.4. The number of benzene rings is 3. The fraction of sp³-hybridized carbons (Fsp3) is 0.0769. The molecule has 0 fully saturated rings. The molecule has 0 spiro atoms. The smallest absolute Gasteiger partial charge is 0.336 e. The quantitative estimate of drug-likeness (QED) is 0.153. The SMILES string of the molecule is Cc1cccc(C(=O)NCC(=O)N/N=C/c2cc(Br)ccc2OC(=O)/C=C/c2ccccc2)c1. The van der Waals surface area contributed by atoms with Crippen LogP contribution in [0.2, 0.25) is 0 Å². The predicted octanol–water partition coefficient (Wildman–Crippen LogP) is 4.26. The first-order valence-corrected chi connectivity index (χ1v) is 11.1. The lowest BCUT2D eigenvalue weighted by molar-refractivity contribution is -0.129. The number of nitrogens with one attached hydrogen (secondary N) is 2. The molecule has 0 saturated heterocycles. The molecule has 0 saturated carbocycles. The van der Waals surface area contributed by atoms with E-state index in [1.54, 1.807) is 42.5 Å². The summed E-state index contributed by atoms with van der Waals surface area (Å²) in [7, 11) is 0. The van der Waals surface area contributed by atoms with Gasteiger partial charge < -0.3 is 10.1 Å². The molecule has 2 amide bonds. The molecule has 0 aromatic heterocycles. The van der Waals surface area contributed by atoms with Gasteiger partial charge in [-0.05, 0) is 48.9 Å². The minimum atomic E-state index is -0.552. The Morgan fingerprint density at radius 2 is 1.79 bits per heavy atom. The summed E-state index contributed by atoms with van der Waals surface area (Å²) in [6, 6.07) is 21.5. The van der Waals surface area contributed by atoms with Crippen LogP contribution < -0.4 is 15.5 Å². The van der Waals surface area contributed by atoms with Gasteiger partial charge in [0.2, 0.25) is 0 Å². The lowest BCUT2D eigenvalue weighted by atomic mass is 10.1. The Balaban J connectivity index is 1.56. The highest BCUT2D eigenvalue weighted by Gasteiger charge is 2.09. The second-order valence-corrected chi connectivity index (χ2v) is 8.11. The van der Waals surface area contributed by atoms with Crippen LogP contribution in [0.5, 0.6) is 5.75 Å². The van der Waals surface area contributed by atoms with E-state index in [0.717, 1.165) is 15.6 Å². The van der Waals surface area contributed by atoms with Gasteiger partial charge in [-0.15, -0.1) is 0 Å². The van der Waals surface area contributed by atoms with Crippen LogP contribution in [0, 0.1) is 6.92 Å². The van der Waals surface area contributed by atoms with Crippen molar-refractivity contribution in [2.24, 2.45) is 5.10 Å². The molecular formula is C26H22BrN3O4. The van der Waals surface area contributed by atoms with E-state index in [4.69, 9.17) is 4.74 Å². The van der Waals surface area contributed by atoms with Crippen molar-refractivity contribution in [1.29, 1.82) is 0 Å². The molecule has 0 unspecified atom stereocenters. The molecule has 0 aliphatic heterocycles. The van der Waals surface area contributed by atoms with E-state index in [2.05, 4.69) is 31.8 Å². The van der Waals surface area contributed by atoms with E-state index in [-0.39, 0.29) is 18.2 Å². The molecule has 0 heterocycles. The molecule has 7 nitrogen and oxygen atoms in total. The Labute approximate surface area is 205 Å². The fourth-order valence-corrected chi connectivity index (χ4v) is 3.23. The van der Waals surface area contributed by atoms with Gasteiger partial charge in [-0.25, -0.2) is 10.2 Å². The van der Waals surface area contributed by atoms with E-state index in [1.807, 2.05) is 43.3 Å². The topological polar surface area (TPSA) is 96.9 Å². The van der Waals surface area contributed by atoms with Crippen molar-refractivity contribution in [2.75, 3.05) is 6.54 Å². The first-order valence-electron chi connectivity index (χ1n) is 10.3. The molecule has 0 bridgehead atoms. The maximum absolute atomic E-state index is 12.2. The molecule has 3 aromatic carbocycles. The van der Waals surface area contributed by atoms with Crippen molar-refractivity contribution in [3.05, 3.63) is 106 Å². The largest absolute Gasteiger partial charge is 0.423 e. The maximum Gasteiger partial charge on any atom is 0.336 e. The van der Waals surface area contributed by atoms with Crippen molar-refractivity contribution in [2.45, 2.75) is 6.92 Å². The number of carbonyl (C=O) groups is 3. The number of hydrogen-bond acceptors (Lipinski definition) is 5. The number of aryl methyl sites for hydroxylation is 1. The Bertz CT molecular complexity index is 1240. The molecular weight excluding hydrogens is 498 g/mol. The molecule has 8 heteroatoms. The second kappa shape index (κ2) is 12.3. The number of hydrazone groups is 1. The molecule has 2 N–H and O–H groups in total. The van der Waals surface area contributed by atoms with Gasteiger partial charge in [0.15, 0.2) is 0 Å². The summed E-state index contributed by atoms with van der Waals surface area (Å²) >= 11 is 3.36. The molecule has 0 aliphatic carbocycles. The monoisotopic (exact) mass is 519 g/mol. The number of esters is 1. The van der Waals surface area contributed by atoms with E-state index in [9.17, 15) is 14.4 Å². The summed E-state index contributed by atoms with van der Waals surface area (Å²) in [6.45, 7) is 1.64. The Morgan fingerprint density at radius 1 is 1.00 bits per heavy atom. The van der Waals surface area contributed by atoms with Gasteiger partial charge >= 0.3 is 5.97 Å². The molecule has 172 valence electrons. The lowest BCUT2D eigenvalue weighted by Gasteiger charge is -2.07. The second-order valence-electron chi connectivity index (χ2n) is 7.19. The number of carbonyl (C=O) groups excluding carboxylic acids is 3. The molecule has 34 heavy (non-hydrogen) atoms. The Morgan fingerprint density at radius 3 is 2.56 bits per heavy atom. The number of rotatable bonds is 8. The van der Waals surface area contributed by atoms with Gasteiger partial charge in [-0.2, -0.15) is 5.10 Å². The maximum atomic E-state index is 12.2. The van der Waals surface area contributed by atoms with E-state index >= 15 is 0 Å². The van der Waals surface area contributed by atoms with Crippen LogP contribution in [0.3, 0.4) is 0 Å². The highest BCUT2D eigenvalue weighted by Crippen LogP contribution is 2.22. The Hall–Kier alpha value is -4.04. The molecule has 3 aromatic rings. The minimum absolute atomic E-state index is 0.241. The first kappa shape index (κ1) is 24.6. The zero-order valence-corrected chi connectivity index (χ0v) is 19.9. The van der Waals surface area contributed by atoms with Gasteiger partial charge in [-0.3, -0.25) is 9.59 Å². The molecule has 0 aliphatic rings. The number of amides is 2. The van der Waals surface area contributed by atoms with E-state index < -0.39 is 11.9 Å². The van der Waals surface area contributed by atoms with Gasteiger partial charge in [0.25, 0.3) is 11.8 Å². The summed E-state index contributed by atoms with van der Waals surface area (Å²) in [5.41, 5.74) is 5.10. The predicted molar refractivity (Wildman–Crippen MR) is 135 cm³/mol. The number of hydrogen-bond donors (Lipinski definition) is 2. The van der Waals surface area contributed by atoms with Gasteiger partial charge in [0.05, 0.1) is 12.8 Å². The highest BCUT2D eigenvalue weighted by atomic mass is 79.9. The van der Waals surface area contributed by atoms with Gasteiger partial charge in [0, 0.05) is 21.7 Å². The van der Waals surface area contributed by atoms with Crippen LogP contribution in [-0.2, 0) is 9.59 Å². The van der Waals surface area contributed by atoms with Crippen LogP contribution >= 0.6 is 15.9 Å². The standard InChI is InChI=1S/C26H22BrN3O4/c1-18-6-5-9-20(14-18)26(33)28-17-24(31)30-29-16-21-15-22(27)11-12-23(21)34-25(32)13-10-19-7-3-2-4-8-19/h2-16H,17H2,1H3,(H,28,33)(H,30,31)/b13-10+,29-16+. The zero-order valence-electron chi connectivity index (χ0n) is 18.3. The van der Waals surface area contributed by atoms with Gasteiger partial charge in [0.1, 0.15) is 5.75 Å². The van der Waals surface area contributed by atoms with Crippen LogP contribution in [0.15, 0.2) is 88.4 Å².